The summed E-state index contributed by atoms with van der Waals surface area (Å²) in [7, 11) is 0. The summed E-state index contributed by atoms with van der Waals surface area (Å²) in [5, 5.41) is 3.31. The number of aryl methyl sites for hydroxylation is 2. The lowest BCUT2D eigenvalue weighted by molar-refractivity contribution is 0.100. The second-order valence-corrected chi connectivity index (χ2v) is 5.43. The van der Waals surface area contributed by atoms with Crippen LogP contribution in [0.2, 0.25) is 0 Å². The maximum Gasteiger partial charge on any atom is 0.252 e. The Hall–Kier alpha value is -1.62. The van der Waals surface area contributed by atoms with Crippen molar-refractivity contribution in [3.63, 3.8) is 0 Å². The van der Waals surface area contributed by atoms with Crippen LogP contribution in [0.5, 0.6) is 0 Å². The SMILES string of the molecule is CCCCC(CN)Nc1nc2c(cc1C(N)=O)CCC2. The third-order valence-electron chi connectivity index (χ3n) is 3.85. The number of fused-ring (bicyclic) bond motifs is 1. The standard InChI is InChI=1S/C15H24N4O/c1-2-3-6-11(9-16)18-15-12(14(17)20)8-10-5-4-7-13(10)19-15/h8,11H,2-7,9,16H2,1H3,(H2,17,20)(H,18,19). The van der Waals surface area contributed by atoms with Crippen LogP contribution in [0.25, 0.3) is 0 Å². The van der Waals surface area contributed by atoms with E-state index in [9.17, 15) is 4.79 Å². The van der Waals surface area contributed by atoms with E-state index >= 15 is 0 Å². The van der Waals surface area contributed by atoms with Crippen LogP contribution in [0.1, 0.15) is 54.2 Å². The average molecular weight is 276 g/mol. The minimum absolute atomic E-state index is 0.139. The zero-order valence-electron chi connectivity index (χ0n) is 12.1. The van der Waals surface area contributed by atoms with E-state index in [0.717, 1.165) is 49.8 Å². The molecular formula is C15H24N4O. The Morgan fingerprint density at radius 2 is 2.30 bits per heavy atom. The Kier molecular flexibility index (Phi) is 4.95. The van der Waals surface area contributed by atoms with Gasteiger partial charge in [-0.1, -0.05) is 19.8 Å². The molecule has 110 valence electrons. The molecule has 5 nitrogen and oxygen atoms in total. The summed E-state index contributed by atoms with van der Waals surface area (Å²) < 4.78 is 0. The molecule has 5 N–H and O–H groups in total. The lowest BCUT2D eigenvalue weighted by Crippen LogP contribution is -2.30. The molecule has 1 atom stereocenters. The summed E-state index contributed by atoms with van der Waals surface area (Å²) in [5.74, 6) is 0.172. The van der Waals surface area contributed by atoms with Crippen LogP contribution in [0, 0.1) is 0 Å². The van der Waals surface area contributed by atoms with Gasteiger partial charge in [0.05, 0.1) is 5.56 Å². The highest BCUT2D eigenvalue weighted by Gasteiger charge is 2.20. The van der Waals surface area contributed by atoms with Gasteiger partial charge in [0, 0.05) is 18.3 Å². The quantitative estimate of drug-likeness (QED) is 0.705. The summed E-state index contributed by atoms with van der Waals surface area (Å²) in [5.41, 5.74) is 14.0. The van der Waals surface area contributed by atoms with Crippen LogP contribution in [0.15, 0.2) is 6.07 Å². The largest absolute Gasteiger partial charge is 0.365 e. The Labute approximate surface area is 120 Å². The number of aromatic nitrogens is 1. The molecule has 0 radical (unpaired) electrons. The Bertz CT molecular complexity index is 487. The highest BCUT2D eigenvalue weighted by molar-refractivity contribution is 5.97. The molecule has 1 aliphatic rings. The predicted octanol–water partition coefficient (Wildman–Crippen LogP) is 1.60. The summed E-state index contributed by atoms with van der Waals surface area (Å²) >= 11 is 0. The normalized spacial score (nSPS) is 14.9. The van der Waals surface area contributed by atoms with Crippen molar-refractivity contribution in [1.29, 1.82) is 0 Å². The molecule has 20 heavy (non-hydrogen) atoms. The van der Waals surface area contributed by atoms with E-state index < -0.39 is 5.91 Å². The first-order valence-electron chi connectivity index (χ1n) is 7.44. The van der Waals surface area contributed by atoms with Gasteiger partial charge in [0.15, 0.2) is 0 Å². The number of primary amides is 1. The molecule has 0 saturated carbocycles. The number of anilines is 1. The zero-order valence-corrected chi connectivity index (χ0v) is 12.1. The molecule has 0 spiro atoms. The molecule has 1 amide bonds. The van der Waals surface area contributed by atoms with Crippen LogP contribution < -0.4 is 16.8 Å². The van der Waals surface area contributed by atoms with Gasteiger partial charge in [0.25, 0.3) is 5.91 Å². The Morgan fingerprint density at radius 1 is 1.50 bits per heavy atom. The number of nitrogens with zero attached hydrogens (tertiary/aromatic N) is 1. The molecule has 2 rings (SSSR count). The van der Waals surface area contributed by atoms with Crippen LogP contribution in [0.4, 0.5) is 5.82 Å². The molecule has 1 aromatic rings. The second kappa shape index (κ2) is 6.70. The van der Waals surface area contributed by atoms with Gasteiger partial charge in [0.2, 0.25) is 0 Å². The molecule has 5 heteroatoms. The predicted molar refractivity (Wildman–Crippen MR) is 80.8 cm³/mol. The molecule has 1 aromatic heterocycles. The van der Waals surface area contributed by atoms with Crippen LogP contribution in [-0.2, 0) is 12.8 Å². The third kappa shape index (κ3) is 3.28. The number of carbonyl (C=O) groups is 1. The summed E-state index contributed by atoms with van der Waals surface area (Å²) in [4.78, 5) is 16.2. The fourth-order valence-electron chi connectivity index (χ4n) is 2.66. The number of amides is 1. The number of nitrogens with two attached hydrogens (primary N) is 2. The first kappa shape index (κ1) is 14.8. The van der Waals surface area contributed by atoms with Crippen molar-refractivity contribution >= 4 is 11.7 Å². The van der Waals surface area contributed by atoms with Gasteiger partial charge in [-0.3, -0.25) is 4.79 Å². The summed E-state index contributed by atoms with van der Waals surface area (Å²) in [6.07, 6.45) is 6.26. The van der Waals surface area contributed by atoms with Crippen LogP contribution in [-0.4, -0.2) is 23.5 Å². The molecule has 1 unspecified atom stereocenters. The van der Waals surface area contributed by atoms with Crippen molar-refractivity contribution in [3.05, 3.63) is 22.9 Å². The number of unbranched alkanes of at least 4 members (excludes halogenated alkanes) is 1. The van der Waals surface area contributed by atoms with Gasteiger partial charge < -0.3 is 16.8 Å². The minimum Gasteiger partial charge on any atom is -0.365 e. The fraction of sp³-hybridized carbons (Fsp3) is 0.600. The van der Waals surface area contributed by atoms with E-state index in [-0.39, 0.29) is 6.04 Å². The van der Waals surface area contributed by atoms with E-state index in [1.165, 1.54) is 0 Å². The summed E-state index contributed by atoms with van der Waals surface area (Å²) in [6, 6.07) is 2.04. The number of hydrogen-bond donors (Lipinski definition) is 3. The van der Waals surface area contributed by atoms with E-state index in [0.29, 0.717) is 17.9 Å². The van der Waals surface area contributed by atoms with Crippen molar-refractivity contribution in [1.82, 2.24) is 4.98 Å². The van der Waals surface area contributed by atoms with Crippen molar-refractivity contribution in [2.75, 3.05) is 11.9 Å². The maximum absolute atomic E-state index is 11.6. The van der Waals surface area contributed by atoms with Crippen molar-refractivity contribution in [2.45, 2.75) is 51.5 Å². The number of nitrogens with one attached hydrogen (secondary N) is 1. The minimum atomic E-state index is -0.430. The van der Waals surface area contributed by atoms with E-state index in [1.807, 2.05) is 6.07 Å². The molecular weight excluding hydrogens is 252 g/mol. The summed E-state index contributed by atoms with van der Waals surface area (Å²) in [6.45, 7) is 2.67. The monoisotopic (exact) mass is 276 g/mol. The smallest absolute Gasteiger partial charge is 0.252 e. The van der Waals surface area contributed by atoms with Crippen molar-refractivity contribution in [2.24, 2.45) is 11.5 Å². The number of hydrogen-bond acceptors (Lipinski definition) is 4. The Balaban J connectivity index is 2.23. The first-order chi connectivity index (χ1) is 9.65. The zero-order chi connectivity index (χ0) is 14.5. The molecule has 0 aromatic carbocycles. The van der Waals surface area contributed by atoms with E-state index in [2.05, 4.69) is 17.2 Å². The van der Waals surface area contributed by atoms with Gasteiger partial charge in [0.1, 0.15) is 5.82 Å². The fourth-order valence-corrected chi connectivity index (χ4v) is 2.66. The van der Waals surface area contributed by atoms with Crippen LogP contribution in [0.3, 0.4) is 0 Å². The van der Waals surface area contributed by atoms with Gasteiger partial charge >= 0.3 is 0 Å². The van der Waals surface area contributed by atoms with E-state index in [4.69, 9.17) is 11.5 Å². The van der Waals surface area contributed by atoms with Crippen LogP contribution >= 0.6 is 0 Å². The van der Waals surface area contributed by atoms with Gasteiger partial charge in [-0.05, 0) is 37.3 Å². The number of pyridine rings is 1. The van der Waals surface area contributed by atoms with Crippen molar-refractivity contribution < 1.29 is 4.79 Å². The first-order valence-corrected chi connectivity index (χ1v) is 7.44. The molecule has 1 heterocycles. The molecule has 0 aliphatic heterocycles. The molecule has 0 bridgehead atoms. The highest BCUT2D eigenvalue weighted by Crippen LogP contribution is 2.25. The molecule has 0 fully saturated rings. The molecule has 1 aliphatic carbocycles. The number of carbonyl (C=O) groups excluding carboxylic acids is 1. The van der Waals surface area contributed by atoms with Gasteiger partial charge in [-0.15, -0.1) is 0 Å². The second-order valence-electron chi connectivity index (χ2n) is 5.43. The lowest BCUT2D eigenvalue weighted by Gasteiger charge is -2.19. The average Bonchev–Trinajstić information content (AvgIpc) is 2.89. The lowest BCUT2D eigenvalue weighted by atomic mass is 10.1. The topological polar surface area (TPSA) is 94.0 Å². The van der Waals surface area contributed by atoms with Crippen molar-refractivity contribution in [3.8, 4) is 0 Å². The third-order valence-corrected chi connectivity index (χ3v) is 3.85. The Morgan fingerprint density at radius 3 is 2.95 bits per heavy atom. The maximum atomic E-state index is 11.6. The molecule has 0 saturated heterocycles. The van der Waals surface area contributed by atoms with Gasteiger partial charge in [-0.2, -0.15) is 0 Å². The van der Waals surface area contributed by atoms with Gasteiger partial charge in [-0.25, -0.2) is 4.98 Å². The highest BCUT2D eigenvalue weighted by atomic mass is 16.1. The number of rotatable bonds is 7. The van der Waals surface area contributed by atoms with E-state index in [1.54, 1.807) is 0 Å².